The van der Waals surface area contributed by atoms with Crippen LogP contribution in [0.5, 0.6) is 5.75 Å². The zero-order chi connectivity index (χ0) is 25.3. The Morgan fingerprint density at radius 3 is 2.50 bits per heavy atom. The predicted molar refractivity (Wildman–Crippen MR) is 128 cm³/mol. The van der Waals surface area contributed by atoms with Gasteiger partial charge in [-0.2, -0.15) is 8.78 Å². The van der Waals surface area contributed by atoms with E-state index in [0.29, 0.717) is 24.3 Å². The summed E-state index contributed by atoms with van der Waals surface area (Å²) in [6.45, 7) is 2.63. The minimum absolute atomic E-state index is 0.00354. The van der Waals surface area contributed by atoms with Gasteiger partial charge in [0.05, 0.1) is 29.8 Å². The summed E-state index contributed by atoms with van der Waals surface area (Å²) in [6, 6.07) is 2.63. The maximum Gasteiger partial charge on any atom is 0.405 e. The first-order valence-electron chi connectivity index (χ1n) is 10.3. The lowest BCUT2D eigenvalue weighted by Crippen LogP contribution is -2.24. The van der Waals surface area contributed by atoms with E-state index in [1.165, 1.54) is 26.0 Å². The molecule has 9 nitrogen and oxygen atoms in total. The molecular weight excluding hydrogens is 581 g/mol. The molecule has 1 aromatic heterocycles. The van der Waals surface area contributed by atoms with Crippen LogP contribution in [-0.2, 0) is 29.3 Å². The average molecular weight is 605 g/mol. The van der Waals surface area contributed by atoms with Crippen LogP contribution < -0.4 is 15.2 Å². The molecule has 0 bridgehead atoms. The summed E-state index contributed by atoms with van der Waals surface area (Å²) in [5.41, 5.74) is 1.40. The summed E-state index contributed by atoms with van der Waals surface area (Å²) < 4.78 is 85.8. The van der Waals surface area contributed by atoms with Gasteiger partial charge in [-0.25, -0.2) is 13.1 Å². The molecule has 3 rings (SSSR count). The minimum Gasteiger partial charge on any atom is -0.492 e. The standard InChI is InChI=1S/C19H24BrF2N2O7PS2/c1-3-30-32(26,31-4-2)19(21,22)17-15(20)13-9-11(18(23)25)10-14(16(13)33-17)29-8-6-12-5-7-24-34(12,27)28/h9-10,12,24H,3-8H2,1-2H3,(H2,23,25). The van der Waals surface area contributed by atoms with Crippen molar-refractivity contribution in [1.29, 1.82) is 0 Å². The molecule has 0 aliphatic carbocycles. The van der Waals surface area contributed by atoms with Gasteiger partial charge in [-0.3, -0.25) is 9.36 Å². The van der Waals surface area contributed by atoms with Gasteiger partial charge in [-0.05, 0) is 54.8 Å². The van der Waals surface area contributed by atoms with E-state index in [1.807, 2.05) is 0 Å². The molecular formula is C19H24BrF2N2O7PS2. The Hall–Kier alpha value is -1.15. The molecule has 2 heterocycles. The number of hydrogen-bond acceptors (Lipinski definition) is 8. The predicted octanol–water partition coefficient (Wildman–Crippen LogP) is 4.54. The first-order chi connectivity index (χ1) is 15.9. The first kappa shape index (κ1) is 27.4. The molecule has 190 valence electrons. The van der Waals surface area contributed by atoms with E-state index < -0.39 is 39.3 Å². The third-order valence-corrected chi connectivity index (χ3v) is 11.7. The summed E-state index contributed by atoms with van der Waals surface area (Å²) in [7, 11) is -8.30. The van der Waals surface area contributed by atoms with E-state index in [4.69, 9.17) is 19.5 Å². The van der Waals surface area contributed by atoms with Crippen LogP contribution in [0.2, 0.25) is 0 Å². The number of carbonyl (C=O) groups is 1. The molecule has 1 fully saturated rings. The van der Waals surface area contributed by atoms with Crippen molar-refractivity contribution >= 4 is 60.9 Å². The first-order valence-corrected chi connectivity index (χ1v) is 15.0. The molecule has 0 saturated carbocycles. The molecule has 1 atom stereocenters. The van der Waals surface area contributed by atoms with Crippen LogP contribution in [0.25, 0.3) is 10.1 Å². The number of primary amides is 1. The highest BCUT2D eigenvalue weighted by atomic mass is 79.9. The van der Waals surface area contributed by atoms with Crippen molar-refractivity contribution in [2.24, 2.45) is 5.73 Å². The van der Waals surface area contributed by atoms with Gasteiger partial charge in [0.25, 0.3) is 0 Å². The van der Waals surface area contributed by atoms with E-state index in [1.54, 1.807) is 0 Å². The van der Waals surface area contributed by atoms with Crippen molar-refractivity contribution in [3.63, 3.8) is 0 Å². The number of ether oxygens (including phenoxy) is 1. The molecule has 0 spiro atoms. The highest BCUT2D eigenvalue weighted by Crippen LogP contribution is 2.69. The van der Waals surface area contributed by atoms with E-state index in [0.717, 1.165) is 0 Å². The van der Waals surface area contributed by atoms with Crippen molar-refractivity contribution < 1.29 is 40.3 Å². The Morgan fingerprint density at radius 2 is 1.97 bits per heavy atom. The second-order valence-electron chi connectivity index (χ2n) is 7.32. The Morgan fingerprint density at radius 1 is 1.32 bits per heavy atom. The summed E-state index contributed by atoms with van der Waals surface area (Å²) in [5.74, 6) is -0.736. The van der Waals surface area contributed by atoms with E-state index in [-0.39, 0.29) is 52.1 Å². The van der Waals surface area contributed by atoms with Crippen molar-refractivity contribution in [2.75, 3.05) is 26.4 Å². The van der Waals surface area contributed by atoms with Crippen molar-refractivity contribution in [2.45, 2.75) is 37.6 Å². The Balaban J connectivity index is 2.04. The zero-order valence-corrected chi connectivity index (χ0v) is 22.4. The van der Waals surface area contributed by atoms with Gasteiger partial charge in [0.1, 0.15) is 10.6 Å². The Kier molecular flexibility index (Phi) is 8.44. The van der Waals surface area contributed by atoms with Crippen molar-refractivity contribution in [3.05, 3.63) is 27.0 Å². The lowest BCUT2D eigenvalue weighted by atomic mass is 10.1. The summed E-state index contributed by atoms with van der Waals surface area (Å²) in [6.07, 6.45) is 0.588. The molecule has 1 saturated heterocycles. The SMILES string of the molecule is CCOP(=O)(OCC)C(F)(F)c1sc2c(OCCC3CCNS3(=O)=O)cc(C(N)=O)cc2c1Br. The molecule has 1 aliphatic rings. The molecule has 1 aliphatic heterocycles. The van der Waals surface area contributed by atoms with E-state index in [9.17, 15) is 17.8 Å². The highest BCUT2D eigenvalue weighted by molar-refractivity contribution is 9.10. The topological polar surface area (TPSA) is 134 Å². The van der Waals surface area contributed by atoms with E-state index in [2.05, 4.69) is 20.7 Å². The van der Waals surface area contributed by atoms with Crippen LogP contribution in [0.3, 0.4) is 0 Å². The fourth-order valence-electron chi connectivity index (χ4n) is 3.48. The number of alkyl halides is 2. The van der Waals surface area contributed by atoms with Gasteiger partial charge in [0, 0.05) is 22.0 Å². The van der Waals surface area contributed by atoms with Crippen LogP contribution in [0.15, 0.2) is 16.6 Å². The Bertz CT molecular complexity index is 1230. The number of rotatable bonds is 11. The van der Waals surface area contributed by atoms with Gasteiger partial charge < -0.3 is 19.5 Å². The number of halogens is 3. The summed E-state index contributed by atoms with van der Waals surface area (Å²) >= 11 is 3.74. The lowest BCUT2D eigenvalue weighted by Gasteiger charge is -2.25. The molecule has 1 aromatic carbocycles. The van der Waals surface area contributed by atoms with Gasteiger partial charge in [-0.15, -0.1) is 11.3 Å². The molecule has 1 amide bonds. The number of hydrogen-bond donors (Lipinski definition) is 2. The second kappa shape index (κ2) is 10.5. The Labute approximate surface area is 208 Å². The molecule has 34 heavy (non-hydrogen) atoms. The second-order valence-corrected chi connectivity index (χ2v) is 13.3. The van der Waals surface area contributed by atoms with Crippen LogP contribution in [0.4, 0.5) is 8.78 Å². The van der Waals surface area contributed by atoms with Crippen LogP contribution >= 0.6 is 34.9 Å². The fraction of sp³-hybridized carbons (Fsp3) is 0.526. The van der Waals surface area contributed by atoms with Crippen LogP contribution in [-0.4, -0.2) is 45.9 Å². The fourth-order valence-corrected chi connectivity index (χ4v) is 8.97. The molecule has 15 heteroatoms. The highest BCUT2D eigenvalue weighted by Gasteiger charge is 2.57. The van der Waals surface area contributed by atoms with Gasteiger partial charge in [0.15, 0.2) is 0 Å². The van der Waals surface area contributed by atoms with Crippen molar-refractivity contribution in [3.8, 4) is 5.75 Å². The zero-order valence-electron chi connectivity index (χ0n) is 18.3. The lowest BCUT2D eigenvalue weighted by molar-refractivity contribution is 0.0387. The van der Waals surface area contributed by atoms with Gasteiger partial charge in [-0.1, -0.05) is 0 Å². The van der Waals surface area contributed by atoms with Gasteiger partial charge in [0.2, 0.25) is 15.9 Å². The number of nitrogens with two attached hydrogens (primary N) is 1. The quantitative estimate of drug-likeness (QED) is 0.360. The smallest absolute Gasteiger partial charge is 0.405 e. The molecule has 3 N–H and O–H groups in total. The molecule has 0 radical (unpaired) electrons. The monoisotopic (exact) mass is 604 g/mol. The number of amides is 1. The number of sulfonamides is 1. The van der Waals surface area contributed by atoms with Gasteiger partial charge >= 0.3 is 13.3 Å². The number of fused-ring (bicyclic) bond motifs is 1. The van der Waals surface area contributed by atoms with Crippen molar-refractivity contribution in [1.82, 2.24) is 4.72 Å². The number of benzene rings is 1. The third kappa shape index (κ3) is 5.18. The summed E-state index contributed by atoms with van der Waals surface area (Å²) in [5, 5.41) is -0.443. The van der Waals surface area contributed by atoms with Crippen LogP contribution in [0, 0.1) is 0 Å². The van der Waals surface area contributed by atoms with Crippen LogP contribution in [0.1, 0.15) is 41.9 Å². The minimum atomic E-state index is -4.88. The molecule has 1 unspecified atom stereocenters. The number of thiophene rings is 1. The normalized spacial score (nSPS) is 18.4. The maximum atomic E-state index is 15.5. The average Bonchev–Trinajstić information content (AvgIpc) is 3.27. The maximum absolute atomic E-state index is 15.5. The summed E-state index contributed by atoms with van der Waals surface area (Å²) in [4.78, 5) is 11.2. The van der Waals surface area contributed by atoms with E-state index >= 15 is 8.78 Å². The third-order valence-electron chi connectivity index (χ3n) is 5.10. The largest absolute Gasteiger partial charge is 0.492 e. The number of carbonyl (C=O) groups excluding carboxylic acids is 1. The number of nitrogens with one attached hydrogen (secondary N) is 1. The molecule has 2 aromatic rings.